The Morgan fingerprint density at radius 1 is 0.684 bits per heavy atom. The molecule has 0 bridgehead atoms. The largest absolute Gasteiger partial charge is 1.00 e. The van der Waals surface area contributed by atoms with Crippen molar-refractivity contribution in [3.8, 4) is 0 Å². The van der Waals surface area contributed by atoms with Gasteiger partial charge in [-0.25, -0.2) is 0 Å². The zero-order valence-corrected chi connectivity index (χ0v) is 13.7. The van der Waals surface area contributed by atoms with E-state index in [4.69, 9.17) is 0 Å². The first kappa shape index (κ1) is 16.7. The summed E-state index contributed by atoms with van der Waals surface area (Å²) in [5.41, 5.74) is 1.20. The molecule has 0 aliphatic carbocycles. The molecule has 19 heavy (non-hydrogen) atoms. The minimum absolute atomic E-state index is 0. The molecule has 0 fully saturated rings. The third-order valence-electron chi connectivity index (χ3n) is 2.58. The summed E-state index contributed by atoms with van der Waals surface area (Å²) in [5, 5.41) is 0. The molecule has 0 amide bonds. The second-order valence-electron chi connectivity index (χ2n) is 3.99. The molecule has 0 saturated carbocycles. The Bertz CT molecular complexity index is 533. The minimum Gasteiger partial charge on any atom is -0.445 e. The summed E-state index contributed by atoms with van der Waals surface area (Å²) in [6, 6.07) is 14.8. The van der Waals surface area contributed by atoms with Crippen molar-refractivity contribution in [1.82, 2.24) is 0 Å². The number of rotatable bonds is 3. The fraction of sp³-hybridized carbons (Fsp3) is 0. The van der Waals surface area contributed by atoms with E-state index in [-0.39, 0.29) is 51.4 Å². The van der Waals surface area contributed by atoms with Crippen LogP contribution in [0.5, 0.6) is 0 Å². The Morgan fingerprint density at radius 3 is 1.63 bits per heavy atom. The summed E-state index contributed by atoms with van der Waals surface area (Å²) < 4.78 is 37.2. The van der Waals surface area contributed by atoms with E-state index in [1.807, 2.05) is 36.4 Å². The molecule has 0 saturated heterocycles. The molecule has 0 unspecified atom stereocenters. The van der Waals surface area contributed by atoms with Crippen molar-refractivity contribution in [2.75, 3.05) is 0 Å². The SMILES string of the molecule is F[B-](F)(F)c1ccc(/C=C/c2ccccc2)cc1.[K+]. The van der Waals surface area contributed by atoms with E-state index in [0.29, 0.717) is 0 Å². The number of benzene rings is 2. The maximum atomic E-state index is 12.4. The summed E-state index contributed by atoms with van der Waals surface area (Å²) in [6.07, 6.45) is 3.66. The van der Waals surface area contributed by atoms with Gasteiger partial charge in [0.25, 0.3) is 0 Å². The molecular formula is C14H11BF3K. The molecule has 0 aliphatic heterocycles. The Balaban J connectivity index is 0.00000180. The van der Waals surface area contributed by atoms with E-state index < -0.39 is 12.4 Å². The third-order valence-corrected chi connectivity index (χ3v) is 2.58. The maximum Gasteiger partial charge on any atom is 1.00 e. The van der Waals surface area contributed by atoms with Crippen LogP contribution in [0.3, 0.4) is 0 Å². The van der Waals surface area contributed by atoms with Gasteiger partial charge in [0.1, 0.15) is 0 Å². The second-order valence-corrected chi connectivity index (χ2v) is 3.99. The summed E-state index contributed by atoms with van der Waals surface area (Å²) in [7, 11) is 0. The van der Waals surface area contributed by atoms with Crippen LogP contribution in [0.1, 0.15) is 11.1 Å². The molecule has 2 rings (SSSR count). The van der Waals surface area contributed by atoms with Crippen LogP contribution in [-0.2, 0) is 0 Å². The van der Waals surface area contributed by atoms with Gasteiger partial charge in [-0.1, -0.05) is 66.7 Å². The zero-order valence-electron chi connectivity index (χ0n) is 10.6. The van der Waals surface area contributed by atoms with Crippen molar-refractivity contribution < 1.29 is 64.3 Å². The molecule has 0 atom stereocenters. The number of hydrogen-bond donors (Lipinski definition) is 0. The van der Waals surface area contributed by atoms with Crippen molar-refractivity contribution in [3.05, 3.63) is 65.7 Å². The van der Waals surface area contributed by atoms with Crippen molar-refractivity contribution in [3.63, 3.8) is 0 Å². The molecule has 0 aromatic heterocycles. The normalized spacial score (nSPS) is 11.3. The quantitative estimate of drug-likeness (QED) is 0.581. The second kappa shape index (κ2) is 7.45. The Morgan fingerprint density at radius 2 is 1.16 bits per heavy atom. The van der Waals surface area contributed by atoms with Crippen LogP contribution in [0.2, 0.25) is 0 Å². The van der Waals surface area contributed by atoms with E-state index in [1.165, 1.54) is 12.1 Å². The van der Waals surface area contributed by atoms with Crippen LogP contribution in [0.15, 0.2) is 54.6 Å². The summed E-state index contributed by atoms with van der Waals surface area (Å²) in [5.74, 6) is 0. The van der Waals surface area contributed by atoms with E-state index in [2.05, 4.69) is 0 Å². The first-order chi connectivity index (χ1) is 8.55. The van der Waals surface area contributed by atoms with Gasteiger partial charge in [-0.15, -0.1) is 5.46 Å². The first-order valence-electron chi connectivity index (χ1n) is 5.59. The molecule has 0 spiro atoms. The molecular weight excluding hydrogens is 275 g/mol. The monoisotopic (exact) mass is 286 g/mol. The molecule has 0 radical (unpaired) electrons. The summed E-state index contributed by atoms with van der Waals surface area (Å²) in [4.78, 5) is 0. The third kappa shape index (κ3) is 5.28. The van der Waals surface area contributed by atoms with Crippen molar-refractivity contribution >= 4 is 24.6 Å². The Labute approximate surface area is 153 Å². The van der Waals surface area contributed by atoms with E-state index in [0.717, 1.165) is 23.3 Å². The van der Waals surface area contributed by atoms with Gasteiger partial charge in [0.2, 0.25) is 0 Å². The van der Waals surface area contributed by atoms with Crippen LogP contribution in [0.25, 0.3) is 12.2 Å². The standard InChI is InChI=1S/C14H11BF3.K/c16-15(17,18)14-10-8-13(9-11-14)7-6-12-4-2-1-3-5-12;/h1-11H;/q-1;+1/b7-6+;. The number of hydrogen-bond acceptors (Lipinski definition) is 0. The van der Waals surface area contributed by atoms with E-state index in [9.17, 15) is 12.9 Å². The van der Waals surface area contributed by atoms with E-state index >= 15 is 0 Å². The van der Waals surface area contributed by atoms with Gasteiger partial charge >= 0.3 is 58.4 Å². The minimum atomic E-state index is -4.90. The van der Waals surface area contributed by atoms with E-state index in [1.54, 1.807) is 6.08 Å². The van der Waals surface area contributed by atoms with Crippen LogP contribution in [0, 0.1) is 0 Å². The first-order valence-corrected chi connectivity index (χ1v) is 5.59. The van der Waals surface area contributed by atoms with Crippen LogP contribution < -0.4 is 56.8 Å². The number of halogens is 3. The van der Waals surface area contributed by atoms with Gasteiger partial charge in [-0.2, -0.15) is 0 Å². The molecule has 0 heterocycles. The topological polar surface area (TPSA) is 0 Å². The molecule has 2 aromatic rings. The van der Waals surface area contributed by atoms with Gasteiger partial charge in [0.05, 0.1) is 0 Å². The average Bonchev–Trinajstić information content (AvgIpc) is 2.37. The van der Waals surface area contributed by atoms with Crippen LogP contribution in [0.4, 0.5) is 12.9 Å². The molecule has 2 aromatic carbocycles. The fourth-order valence-electron chi connectivity index (χ4n) is 1.58. The summed E-state index contributed by atoms with van der Waals surface area (Å²) >= 11 is 0. The van der Waals surface area contributed by atoms with Gasteiger partial charge in [0, 0.05) is 0 Å². The predicted octanol–water partition coefficient (Wildman–Crippen LogP) is 0.915. The summed E-state index contributed by atoms with van der Waals surface area (Å²) in [6.45, 7) is -4.90. The fourth-order valence-corrected chi connectivity index (χ4v) is 1.58. The molecule has 0 N–H and O–H groups in total. The van der Waals surface area contributed by atoms with Crippen LogP contribution in [-0.4, -0.2) is 6.98 Å². The molecule has 5 heteroatoms. The van der Waals surface area contributed by atoms with Crippen molar-refractivity contribution in [2.45, 2.75) is 0 Å². The average molecular weight is 286 g/mol. The zero-order chi connectivity index (χ0) is 13.0. The van der Waals surface area contributed by atoms with Crippen molar-refractivity contribution in [2.24, 2.45) is 0 Å². The van der Waals surface area contributed by atoms with Gasteiger partial charge in [-0.3, -0.25) is 0 Å². The van der Waals surface area contributed by atoms with Gasteiger partial charge < -0.3 is 12.9 Å². The van der Waals surface area contributed by atoms with Gasteiger partial charge in [0.15, 0.2) is 0 Å². The molecule has 0 aliphatic rings. The van der Waals surface area contributed by atoms with Gasteiger partial charge in [-0.05, 0) is 11.1 Å². The van der Waals surface area contributed by atoms with Crippen molar-refractivity contribution in [1.29, 1.82) is 0 Å². The Kier molecular flexibility index (Phi) is 6.56. The van der Waals surface area contributed by atoms with Crippen LogP contribution >= 0.6 is 0 Å². The Hall–Kier alpha value is -0.329. The smallest absolute Gasteiger partial charge is 0.445 e. The molecule has 0 nitrogen and oxygen atoms in total. The molecule has 92 valence electrons. The predicted molar refractivity (Wildman–Crippen MR) is 70.5 cm³/mol. The maximum absolute atomic E-state index is 12.4.